The molecule has 1 saturated heterocycles. The highest BCUT2D eigenvalue weighted by atomic mass is 35.5. The lowest BCUT2D eigenvalue weighted by Gasteiger charge is -2.14. The Balaban J connectivity index is 1.68. The van der Waals surface area contributed by atoms with Crippen LogP contribution >= 0.6 is 35.6 Å². The van der Waals surface area contributed by atoms with Crippen molar-refractivity contribution in [1.29, 1.82) is 0 Å². The van der Waals surface area contributed by atoms with Gasteiger partial charge in [0.2, 0.25) is 5.91 Å². The predicted octanol–water partition coefficient (Wildman–Crippen LogP) is 3.88. The number of thioether (sulfide) groups is 1. The number of halogens is 1. The number of hydrogen-bond acceptors (Lipinski definition) is 5. The number of nitrogens with one attached hydrogen (secondary N) is 1. The molecule has 142 valence electrons. The van der Waals surface area contributed by atoms with Gasteiger partial charge >= 0.3 is 5.97 Å². The molecule has 0 bridgehead atoms. The topological polar surface area (TPSA) is 86.7 Å². The van der Waals surface area contributed by atoms with Gasteiger partial charge in [-0.15, -0.1) is 0 Å². The van der Waals surface area contributed by atoms with E-state index >= 15 is 0 Å². The molecule has 2 amide bonds. The van der Waals surface area contributed by atoms with Crippen LogP contribution < -0.4 is 5.32 Å². The first-order valence-corrected chi connectivity index (χ1v) is 9.58. The molecule has 28 heavy (non-hydrogen) atoms. The molecule has 1 aliphatic heterocycles. The van der Waals surface area contributed by atoms with Gasteiger partial charge in [-0.05, 0) is 42.0 Å². The Morgan fingerprint density at radius 2 is 1.86 bits per heavy atom. The molecule has 0 radical (unpaired) electrons. The Kier molecular flexibility index (Phi) is 6.13. The van der Waals surface area contributed by atoms with E-state index in [2.05, 4.69) is 5.32 Å². The highest BCUT2D eigenvalue weighted by molar-refractivity contribution is 8.26. The maximum atomic E-state index is 12.6. The molecule has 2 aromatic rings. The number of carboxylic acids is 1. The van der Waals surface area contributed by atoms with Crippen LogP contribution in [0.15, 0.2) is 53.4 Å². The van der Waals surface area contributed by atoms with E-state index in [1.807, 2.05) is 6.07 Å². The molecule has 1 fully saturated rings. The molecular formula is C19H13ClN2O4S2. The number of carbonyl (C=O) groups is 3. The summed E-state index contributed by atoms with van der Waals surface area (Å²) in [6.07, 6.45) is 1.64. The van der Waals surface area contributed by atoms with E-state index in [0.717, 1.165) is 11.8 Å². The lowest BCUT2D eigenvalue weighted by Crippen LogP contribution is -2.36. The minimum atomic E-state index is -1.05. The molecular weight excluding hydrogens is 420 g/mol. The van der Waals surface area contributed by atoms with Crippen LogP contribution in [0.5, 0.6) is 0 Å². The lowest BCUT2D eigenvalue weighted by atomic mass is 10.2. The molecule has 0 aromatic heterocycles. The number of hydrogen-bond donors (Lipinski definition) is 2. The van der Waals surface area contributed by atoms with E-state index < -0.39 is 11.9 Å². The number of carboxylic acid groups (broad SMARTS) is 1. The highest BCUT2D eigenvalue weighted by Crippen LogP contribution is 2.33. The van der Waals surface area contributed by atoms with Crippen molar-refractivity contribution in [2.45, 2.75) is 0 Å². The maximum absolute atomic E-state index is 12.6. The molecule has 0 aliphatic carbocycles. The third-order valence-electron chi connectivity index (χ3n) is 3.78. The molecule has 1 heterocycles. The Bertz CT molecular complexity index is 1010. The molecule has 3 rings (SSSR count). The lowest BCUT2D eigenvalue weighted by molar-refractivity contribution is -0.126. The number of rotatable bonds is 5. The molecule has 1 aliphatic rings. The van der Waals surface area contributed by atoms with Gasteiger partial charge in [0.15, 0.2) is 0 Å². The summed E-state index contributed by atoms with van der Waals surface area (Å²) >= 11 is 12.4. The maximum Gasteiger partial charge on any atom is 0.335 e. The Morgan fingerprint density at radius 3 is 2.50 bits per heavy atom. The fourth-order valence-corrected chi connectivity index (χ4v) is 3.85. The van der Waals surface area contributed by atoms with Gasteiger partial charge in [-0.1, -0.05) is 53.8 Å². The number of amides is 2. The van der Waals surface area contributed by atoms with Crippen molar-refractivity contribution >= 4 is 69.4 Å². The second kappa shape index (κ2) is 8.55. The average Bonchev–Trinajstić information content (AvgIpc) is 2.91. The number of anilines is 1. The first kappa shape index (κ1) is 20.1. The molecule has 9 heteroatoms. The summed E-state index contributed by atoms with van der Waals surface area (Å²) in [7, 11) is 0. The SMILES string of the molecule is O=C(CN1C(=O)/C(=C/c2ccccc2Cl)SC1=S)Nc1ccc(C(=O)O)cc1. The quantitative estimate of drug-likeness (QED) is 0.550. The minimum absolute atomic E-state index is 0.111. The van der Waals surface area contributed by atoms with Gasteiger partial charge < -0.3 is 10.4 Å². The number of aromatic carboxylic acids is 1. The zero-order chi connectivity index (χ0) is 20.3. The van der Waals surface area contributed by atoms with Crippen molar-refractivity contribution in [3.8, 4) is 0 Å². The van der Waals surface area contributed by atoms with Crippen molar-refractivity contribution in [3.63, 3.8) is 0 Å². The minimum Gasteiger partial charge on any atom is -0.478 e. The summed E-state index contributed by atoms with van der Waals surface area (Å²) in [6, 6.07) is 12.8. The van der Waals surface area contributed by atoms with E-state index in [-0.39, 0.29) is 22.3 Å². The van der Waals surface area contributed by atoms with E-state index in [9.17, 15) is 14.4 Å². The molecule has 2 N–H and O–H groups in total. The van der Waals surface area contributed by atoms with Crippen LogP contribution in [0.4, 0.5) is 5.69 Å². The van der Waals surface area contributed by atoms with E-state index in [0.29, 0.717) is 21.2 Å². The van der Waals surface area contributed by atoms with Crippen LogP contribution in [-0.4, -0.2) is 38.7 Å². The first-order chi connectivity index (χ1) is 13.3. The van der Waals surface area contributed by atoms with E-state index in [4.69, 9.17) is 28.9 Å². The second-order valence-corrected chi connectivity index (χ2v) is 7.80. The summed E-state index contributed by atoms with van der Waals surface area (Å²) in [4.78, 5) is 37.3. The molecule has 0 spiro atoms. The Hall–Kier alpha value is -2.68. The first-order valence-electron chi connectivity index (χ1n) is 7.98. The summed E-state index contributed by atoms with van der Waals surface area (Å²) in [6.45, 7) is -0.245. The summed E-state index contributed by atoms with van der Waals surface area (Å²) in [5.74, 6) is -1.87. The third-order valence-corrected chi connectivity index (χ3v) is 5.50. The summed E-state index contributed by atoms with van der Waals surface area (Å²) < 4.78 is 0.277. The van der Waals surface area contributed by atoms with Gasteiger partial charge in [0.25, 0.3) is 5.91 Å². The Morgan fingerprint density at radius 1 is 1.18 bits per heavy atom. The predicted molar refractivity (Wildman–Crippen MR) is 113 cm³/mol. The summed E-state index contributed by atoms with van der Waals surface area (Å²) in [5.41, 5.74) is 1.22. The zero-order valence-corrected chi connectivity index (χ0v) is 16.6. The van der Waals surface area contributed by atoms with Gasteiger partial charge in [0, 0.05) is 10.7 Å². The van der Waals surface area contributed by atoms with E-state index in [1.54, 1.807) is 24.3 Å². The van der Waals surface area contributed by atoms with E-state index in [1.165, 1.54) is 29.2 Å². The molecule has 6 nitrogen and oxygen atoms in total. The third kappa shape index (κ3) is 4.59. The van der Waals surface area contributed by atoms with Crippen molar-refractivity contribution in [2.75, 3.05) is 11.9 Å². The number of carbonyl (C=O) groups excluding carboxylic acids is 2. The average molecular weight is 433 g/mol. The molecule has 0 saturated carbocycles. The van der Waals surface area contributed by atoms with Crippen LogP contribution in [0, 0.1) is 0 Å². The zero-order valence-electron chi connectivity index (χ0n) is 14.2. The van der Waals surface area contributed by atoms with Crippen LogP contribution in [-0.2, 0) is 9.59 Å². The number of nitrogens with zero attached hydrogens (tertiary/aromatic N) is 1. The normalized spacial score (nSPS) is 15.2. The fourth-order valence-electron chi connectivity index (χ4n) is 2.41. The summed E-state index contributed by atoms with van der Waals surface area (Å²) in [5, 5.41) is 12.0. The largest absolute Gasteiger partial charge is 0.478 e. The van der Waals surface area contributed by atoms with Crippen molar-refractivity contribution in [3.05, 3.63) is 69.6 Å². The monoisotopic (exact) mass is 432 g/mol. The second-order valence-electron chi connectivity index (χ2n) is 5.72. The van der Waals surface area contributed by atoms with Crippen LogP contribution in [0.2, 0.25) is 5.02 Å². The molecule has 0 unspecified atom stereocenters. The van der Waals surface area contributed by atoms with Crippen LogP contribution in [0.25, 0.3) is 6.08 Å². The smallest absolute Gasteiger partial charge is 0.335 e. The van der Waals surface area contributed by atoms with Gasteiger partial charge in [0.1, 0.15) is 10.9 Å². The van der Waals surface area contributed by atoms with Gasteiger partial charge in [-0.2, -0.15) is 0 Å². The number of thiocarbonyl (C=S) groups is 1. The van der Waals surface area contributed by atoms with Gasteiger partial charge in [-0.3, -0.25) is 14.5 Å². The highest BCUT2D eigenvalue weighted by Gasteiger charge is 2.33. The molecule has 0 atom stereocenters. The fraction of sp³-hybridized carbons (Fsp3) is 0.0526. The van der Waals surface area contributed by atoms with Crippen LogP contribution in [0.1, 0.15) is 15.9 Å². The van der Waals surface area contributed by atoms with Crippen LogP contribution in [0.3, 0.4) is 0 Å². The number of benzene rings is 2. The molecule has 2 aromatic carbocycles. The van der Waals surface area contributed by atoms with Gasteiger partial charge in [-0.25, -0.2) is 4.79 Å². The Labute approximate surface area is 175 Å². The van der Waals surface area contributed by atoms with Crippen molar-refractivity contribution < 1.29 is 19.5 Å². The van der Waals surface area contributed by atoms with Crippen molar-refractivity contribution in [2.24, 2.45) is 0 Å². The van der Waals surface area contributed by atoms with Gasteiger partial charge in [0.05, 0.1) is 10.5 Å². The standard InChI is InChI=1S/C19H13ClN2O4S2/c20-14-4-2-1-3-12(14)9-15-17(24)22(19(27)28-15)10-16(23)21-13-7-5-11(6-8-13)18(25)26/h1-9H,10H2,(H,21,23)(H,25,26)/b15-9-. The van der Waals surface area contributed by atoms with Crippen molar-refractivity contribution in [1.82, 2.24) is 4.90 Å².